The number of carbonyl (C=O) groups excluding carboxylic acids is 1. The molecule has 1 heterocycles. The van der Waals surface area contributed by atoms with E-state index in [1.807, 2.05) is 44.2 Å². The van der Waals surface area contributed by atoms with Crippen LogP contribution in [-0.4, -0.2) is 27.3 Å². The number of aromatic amines is 1. The van der Waals surface area contributed by atoms with Crippen LogP contribution >= 0.6 is 11.8 Å². The van der Waals surface area contributed by atoms with Gasteiger partial charge in [-0.25, -0.2) is 10.4 Å². The van der Waals surface area contributed by atoms with Crippen molar-refractivity contribution in [3.63, 3.8) is 0 Å². The second-order valence-corrected chi connectivity index (χ2v) is 8.71. The molecule has 0 radical (unpaired) electrons. The van der Waals surface area contributed by atoms with Gasteiger partial charge in [0.15, 0.2) is 5.16 Å². The number of rotatable bonds is 8. The van der Waals surface area contributed by atoms with Crippen molar-refractivity contribution in [3.8, 4) is 0 Å². The smallest absolute Gasteiger partial charge is 0.253 e. The number of benzene rings is 2. The Morgan fingerprint density at radius 3 is 2.60 bits per heavy atom. The molecule has 0 saturated carbocycles. The van der Waals surface area contributed by atoms with Crippen LogP contribution in [0.1, 0.15) is 51.2 Å². The fraction of sp³-hybridized carbons (Fsp3) is 0.292. The summed E-state index contributed by atoms with van der Waals surface area (Å²) in [5, 5.41) is 4.60. The summed E-state index contributed by atoms with van der Waals surface area (Å²) in [6.07, 6.45) is 4.40. The number of nitrogens with one attached hydrogen (secondary N) is 2. The summed E-state index contributed by atoms with van der Waals surface area (Å²) in [6.45, 7) is 8.31. The van der Waals surface area contributed by atoms with E-state index in [9.17, 15) is 4.79 Å². The van der Waals surface area contributed by atoms with E-state index in [0.29, 0.717) is 12.3 Å². The highest BCUT2D eigenvalue weighted by molar-refractivity contribution is 8.00. The molecule has 156 valence electrons. The van der Waals surface area contributed by atoms with Crippen molar-refractivity contribution < 1.29 is 4.79 Å². The molecule has 0 spiro atoms. The lowest BCUT2D eigenvalue weighted by molar-refractivity contribution is -0.120. The number of hydrogen-bond donors (Lipinski definition) is 2. The predicted octanol–water partition coefficient (Wildman–Crippen LogP) is 5.76. The number of thioether (sulfide) groups is 1. The number of allylic oxidation sites excluding steroid dienone is 1. The molecule has 0 aliphatic heterocycles. The van der Waals surface area contributed by atoms with Crippen LogP contribution in [-0.2, 0) is 4.79 Å². The van der Waals surface area contributed by atoms with Crippen LogP contribution in [0.25, 0.3) is 17.1 Å². The zero-order chi connectivity index (χ0) is 21.5. The highest BCUT2D eigenvalue weighted by atomic mass is 32.2. The molecule has 0 bridgehead atoms. The molecular weight excluding hydrogens is 392 g/mol. The maximum Gasteiger partial charge on any atom is 0.253 e. The van der Waals surface area contributed by atoms with Crippen LogP contribution in [0.5, 0.6) is 0 Å². The van der Waals surface area contributed by atoms with E-state index >= 15 is 0 Å². The molecule has 1 atom stereocenters. The van der Waals surface area contributed by atoms with Crippen LogP contribution < -0.4 is 5.43 Å². The van der Waals surface area contributed by atoms with E-state index in [-0.39, 0.29) is 11.2 Å². The van der Waals surface area contributed by atoms with Crippen molar-refractivity contribution in [2.75, 3.05) is 0 Å². The number of H-pyrrole nitrogens is 1. The zero-order valence-corrected chi connectivity index (χ0v) is 18.7. The van der Waals surface area contributed by atoms with Gasteiger partial charge in [-0.1, -0.05) is 75.0 Å². The summed E-state index contributed by atoms with van der Waals surface area (Å²) in [5.74, 6) is 0.387. The number of para-hydroxylation sites is 2. The Morgan fingerprint density at radius 1 is 1.20 bits per heavy atom. The van der Waals surface area contributed by atoms with Crippen molar-refractivity contribution >= 4 is 41.0 Å². The summed E-state index contributed by atoms with van der Waals surface area (Å²) >= 11 is 1.42. The number of hydrogen-bond acceptors (Lipinski definition) is 4. The molecule has 1 amide bonds. The third-order valence-corrected chi connectivity index (χ3v) is 5.97. The van der Waals surface area contributed by atoms with E-state index in [2.05, 4.69) is 58.6 Å². The lowest BCUT2D eigenvalue weighted by atomic mass is 10.0. The Bertz CT molecular complexity index is 1020. The Kier molecular flexibility index (Phi) is 7.46. The van der Waals surface area contributed by atoms with Gasteiger partial charge in [0.1, 0.15) is 0 Å². The third-order valence-electron chi connectivity index (χ3n) is 4.73. The number of amides is 1. The number of nitrogens with zero attached hydrogens (tertiary/aromatic N) is 2. The summed E-state index contributed by atoms with van der Waals surface area (Å²) in [5.41, 5.74) is 7.92. The molecule has 0 unspecified atom stereocenters. The van der Waals surface area contributed by atoms with Gasteiger partial charge in [-0.05, 0) is 48.1 Å². The minimum Gasteiger partial charge on any atom is -0.333 e. The number of imidazole rings is 1. The van der Waals surface area contributed by atoms with Crippen LogP contribution in [0.3, 0.4) is 0 Å². The molecular formula is C24H28N4OS. The SMILES string of the molecule is CC[C@@H](Sc1nc2ccccc2[nH]1)C(=O)NN=C/C(C)=C/c1ccc(C(C)C)cc1. The second kappa shape index (κ2) is 10.3. The van der Waals surface area contributed by atoms with Gasteiger partial charge in [0.25, 0.3) is 5.91 Å². The highest BCUT2D eigenvalue weighted by Gasteiger charge is 2.19. The molecule has 5 nitrogen and oxygen atoms in total. The van der Waals surface area contributed by atoms with Gasteiger partial charge in [0, 0.05) is 0 Å². The standard InChI is InChI=1S/C24H28N4OS/c1-5-22(30-24-26-20-8-6-7-9-21(20)27-24)23(29)28-25-15-17(4)14-18-10-12-19(13-11-18)16(2)3/h6-16,22H,5H2,1-4H3,(H,26,27)(H,28,29)/b17-14+,25-15?/t22-/m1/s1. The third kappa shape index (κ3) is 5.83. The van der Waals surface area contributed by atoms with E-state index in [4.69, 9.17) is 0 Å². The molecule has 2 aromatic carbocycles. The van der Waals surface area contributed by atoms with Crippen LogP contribution in [0.2, 0.25) is 0 Å². The minimum absolute atomic E-state index is 0.131. The van der Waals surface area contributed by atoms with E-state index in [0.717, 1.165) is 27.3 Å². The van der Waals surface area contributed by atoms with Gasteiger partial charge in [-0.3, -0.25) is 4.79 Å². The highest BCUT2D eigenvalue weighted by Crippen LogP contribution is 2.25. The van der Waals surface area contributed by atoms with E-state index < -0.39 is 0 Å². The number of aromatic nitrogens is 2. The summed E-state index contributed by atoms with van der Waals surface area (Å²) < 4.78 is 0. The summed E-state index contributed by atoms with van der Waals surface area (Å²) in [4.78, 5) is 20.3. The molecule has 0 fully saturated rings. The van der Waals surface area contributed by atoms with Crippen molar-refractivity contribution in [3.05, 3.63) is 65.2 Å². The minimum atomic E-state index is -0.268. The molecule has 1 aromatic heterocycles. The fourth-order valence-corrected chi connectivity index (χ4v) is 3.91. The average molecular weight is 421 g/mol. The van der Waals surface area contributed by atoms with Gasteiger partial charge in [0.05, 0.1) is 22.5 Å². The first-order chi connectivity index (χ1) is 14.5. The normalized spacial score (nSPS) is 13.3. The predicted molar refractivity (Wildman–Crippen MR) is 127 cm³/mol. The molecule has 2 N–H and O–H groups in total. The molecule has 0 aliphatic carbocycles. The lowest BCUT2D eigenvalue weighted by Gasteiger charge is -2.10. The Labute approximate surface area is 182 Å². The summed E-state index contributed by atoms with van der Waals surface area (Å²) in [7, 11) is 0. The Hall–Kier alpha value is -2.86. The van der Waals surface area contributed by atoms with Gasteiger partial charge < -0.3 is 4.98 Å². The Balaban J connectivity index is 1.57. The second-order valence-electron chi connectivity index (χ2n) is 7.52. The van der Waals surface area contributed by atoms with Crippen molar-refractivity contribution in [1.82, 2.24) is 15.4 Å². The maximum atomic E-state index is 12.5. The first-order valence-electron chi connectivity index (χ1n) is 10.2. The molecule has 30 heavy (non-hydrogen) atoms. The van der Waals surface area contributed by atoms with Crippen molar-refractivity contribution in [2.24, 2.45) is 5.10 Å². The van der Waals surface area contributed by atoms with Crippen molar-refractivity contribution in [2.45, 2.75) is 50.4 Å². The Morgan fingerprint density at radius 2 is 1.93 bits per heavy atom. The summed E-state index contributed by atoms with van der Waals surface area (Å²) in [6, 6.07) is 16.3. The average Bonchev–Trinajstić information content (AvgIpc) is 3.14. The van der Waals surface area contributed by atoms with E-state index in [1.54, 1.807) is 6.21 Å². The number of fused-ring (bicyclic) bond motifs is 1. The van der Waals surface area contributed by atoms with Crippen LogP contribution in [0.15, 0.2) is 64.4 Å². The quantitative estimate of drug-likeness (QED) is 0.276. The molecule has 3 rings (SSSR count). The maximum absolute atomic E-state index is 12.5. The van der Waals surface area contributed by atoms with Gasteiger partial charge >= 0.3 is 0 Å². The van der Waals surface area contributed by atoms with Crippen LogP contribution in [0.4, 0.5) is 0 Å². The van der Waals surface area contributed by atoms with Crippen LogP contribution in [0, 0.1) is 0 Å². The largest absolute Gasteiger partial charge is 0.333 e. The topological polar surface area (TPSA) is 70.1 Å². The van der Waals surface area contributed by atoms with Crippen molar-refractivity contribution in [1.29, 1.82) is 0 Å². The first-order valence-corrected chi connectivity index (χ1v) is 11.1. The monoisotopic (exact) mass is 420 g/mol. The molecule has 0 saturated heterocycles. The lowest BCUT2D eigenvalue weighted by Crippen LogP contribution is -2.28. The fourth-order valence-electron chi connectivity index (χ4n) is 2.99. The first kappa shape index (κ1) is 21.8. The zero-order valence-electron chi connectivity index (χ0n) is 17.8. The number of hydrazone groups is 1. The van der Waals surface area contributed by atoms with E-state index in [1.165, 1.54) is 17.3 Å². The van der Waals surface area contributed by atoms with Gasteiger partial charge in [-0.15, -0.1) is 0 Å². The molecule has 6 heteroatoms. The molecule has 0 aliphatic rings. The number of carbonyl (C=O) groups is 1. The molecule has 3 aromatic rings. The van der Waals surface area contributed by atoms with Gasteiger partial charge in [0.2, 0.25) is 0 Å². The van der Waals surface area contributed by atoms with Gasteiger partial charge in [-0.2, -0.15) is 5.10 Å².